The molecule has 0 saturated heterocycles. The molecule has 0 aliphatic carbocycles. The van der Waals surface area contributed by atoms with E-state index < -0.39 is 14.9 Å². The Kier molecular flexibility index (Phi) is 4.86. The highest BCUT2D eigenvalue weighted by Crippen LogP contribution is 2.24. The van der Waals surface area contributed by atoms with E-state index in [9.17, 15) is 23.3 Å². The summed E-state index contributed by atoms with van der Waals surface area (Å²) in [6.07, 6.45) is 0.216. The number of carbonyl (C=O) groups excluding carboxylic acids is 1. The Hall–Kier alpha value is -2.60. The minimum Gasteiger partial charge on any atom is -0.301 e. The number of nitrogens with zero attached hydrogens (tertiary/aromatic N) is 3. The van der Waals surface area contributed by atoms with Crippen molar-refractivity contribution in [1.29, 1.82) is 0 Å². The van der Waals surface area contributed by atoms with E-state index in [0.29, 0.717) is 11.3 Å². The molecule has 10 nitrogen and oxygen atoms in total. The molecular weight excluding hydrogens is 346 g/mol. The molecule has 23 heavy (non-hydrogen) atoms. The quantitative estimate of drug-likeness (QED) is 0.454. The van der Waals surface area contributed by atoms with Crippen LogP contribution in [0.15, 0.2) is 28.6 Å². The van der Waals surface area contributed by atoms with Gasteiger partial charge in [0.15, 0.2) is 0 Å². The van der Waals surface area contributed by atoms with Gasteiger partial charge in [0.1, 0.15) is 0 Å². The van der Waals surface area contributed by atoms with Gasteiger partial charge in [-0.3, -0.25) is 19.6 Å². The summed E-state index contributed by atoms with van der Waals surface area (Å²) in [5.41, 5.74) is -0.230. The van der Waals surface area contributed by atoms with E-state index in [2.05, 4.69) is 20.2 Å². The van der Waals surface area contributed by atoms with Gasteiger partial charge in [0.05, 0.1) is 10.6 Å². The number of carbonyl (C=O) groups is 1. The number of hydrogen-bond acceptors (Lipinski definition) is 8. The van der Waals surface area contributed by atoms with Gasteiger partial charge in [-0.25, -0.2) is 0 Å². The number of aromatic nitrogens is 2. The number of nitro benzene ring substituents is 1. The number of amides is 1. The summed E-state index contributed by atoms with van der Waals surface area (Å²) in [6.45, 7) is 1.64. The van der Waals surface area contributed by atoms with Crippen LogP contribution in [-0.4, -0.2) is 29.4 Å². The molecule has 1 aromatic carbocycles. The minimum absolute atomic E-state index is 0.0218. The molecule has 0 spiro atoms. The lowest BCUT2D eigenvalue weighted by Crippen LogP contribution is -2.12. The van der Waals surface area contributed by atoms with E-state index in [4.69, 9.17) is 0 Å². The van der Waals surface area contributed by atoms with Crippen molar-refractivity contribution in [2.24, 2.45) is 0 Å². The van der Waals surface area contributed by atoms with Gasteiger partial charge < -0.3 is 5.32 Å². The number of benzene rings is 1. The first-order valence-electron chi connectivity index (χ1n) is 6.22. The molecule has 0 fully saturated rings. The second-order valence-corrected chi connectivity index (χ2v) is 7.02. The molecule has 2 aromatic rings. The summed E-state index contributed by atoms with van der Waals surface area (Å²) in [5.74, 6) is -0.322. The predicted octanol–water partition coefficient (Wildman–Crippen LogP) is 1.60. The first-order chi connectivity index (χ1) is 10.8. The maximum atomic E-state index is 12.2. The fourth-order valence-electron chi connectivity index (χ4n) is 1.46. The third-order valence-electron chi connectivity index (χ3n) is 2.51. The van der Waals surface area contributed by atoms with Gasteiger partial charge in [-0.05, 0) is 6.07 Å². The number of nitro groups is 1. The van der Waals surface area contributed by atoms with Gasteiger partial charge in [-0.1, -0.05) is 24.3 Å². The molecule has 1 amide bonds. The van der Waals surface area contributed by atoms with Crippen molar-refractivity contribution in [3.8, 4) is 0 Å². The van der Waals surface area contributed by atoms with E-state index in [1.807, 2.05) is 0 Å². The van der Waals surface area contributed by atoms with Gasteiger partial charge >= 0.3 is 0 Å². The van der Waals surface area contributed by atoms with Crippen LogP contribution in [0.1, 0.15) is 13.3 Å². The molecule has 2 N–H and O–H groups in total. The number of anilines is 2. The predicted molar refractivity (Wildman–Crippen MR) is 82.7 cm³/mol. The first-order valence-corrected chi connectivity index (χ1v) is 8.52. The molecule has 0 aliphatic rings. The average molecular weight is 357 g/mol. The summed E-state index contributed by atoms with van der Waals surface area (Å²) >= 11 is 0.675. The second-order valence-electron chi connectivity index (χ2n) is 4.19. The number of hydrogen-bond donors (Lipinski definition) is 2. The molecule has 1 aromatic heterocycles. The van der Waals surface area contributed by atoms with Gasteiger partial charge in [0.2, 0.25) is 11.0 Å². The highest BCUT2D eigenvalue weighted by molar-refractivity contribution is 7.94. The molecule has 1 heterocycles. The van der Waals surface area contributed by atoms with Crippen molar-refractivity contribution < 1.29 is 18.1 Å². The van der Waals surface area contributed by atoms with Gasteiger partial charge in [-0.15, -0.1) is 10.2 Å². The van der Waals surface area contributed by atoms with Crippen LogP contribution in [0.5, 0.6) is 0 Å². The van der Waals surface area contributed by atoms with E-state index in [1.165, 1.54) is 18.2 Å². The fourth-order valence-corrected chi connectivity index (χ4v) is 3.43. The van der Waals surface area contributed by atoms with Gasteiger partial charge in [0, 0.05) is 18.6 Å². The highest BCUT2D eigenvalue weighted by atomic mass is 32.2. The SMILES string of the molecule is CCC(=O)Nc1nnc(S(=O)(=O)Nc2cccc([N+](=O)[O-])c2)s1. The van der Waals surface area contributed by atoms with Crippen LogP contribution in [0.25, 0.3) is 0 Å². The molecule has 0 radical (unpaired) electrons. The van der Waals surface area contributed by atoms with E-state index in [-0.39, 0.29) is 33.2 Å². The van der Waals surface area contributed by atoms with Crippen molar-refractivity contribution >= 4 is 43.8 Å². The lowest BCUT2D eigenvalue weighted by Gasteiger charge is -2.04. The van der Waals surface area contributed by atoms with Crippen molar-refractivity contribution in [3.05, 3.63) is 34.4 Å². The van der Waals surface area contributed by atoms with E-state index in [0.717, 1.165) is 6.07 Å². The third kappa shape index (κ3) is 4.20. The maximum absolute atomic E-state index is 12.2. The smallest absolute Gasteiger partial charge is 0.291 e. The number of sulfonamides is 1. The van der Waals surface area contributed by atoms with E-state index in [1.54, 1.807) is 6.92 Å². The fraction of sp³-hybridized carbons (Fsp3) is 0.182. The summed E-state index contributed by atoms with van der Waals surface area (Å²) in [7, 11) is -4.06. The number of non-ortho nitro benzene ring substituents is 1. The van der Waals surface area contributed by atoms with Crippen molar-refractivity contribution in [2.75, 3.05) is 10.0 Å². The van der Waals surface area contributed by atoms with Crippen LogP contribution in [0.4, 0.5) is 16.5 Å². The highest BCUT2D eigenvalue weighted by Gasteiger charge is 2.21. The molecule has 0 atom stereocenters. The van der Waals surface area contributed by atoms with Crippen molar-refractivity contribution in [3.63, 3.8) is 0 Å². The van der Waals surface area contributed by atoms with Crippen LogP contribution in [0, 0.1) is 10.1 Å². The second kappa shape index (κ2) is 6.66. The zero-order chi connectivity index (χ0) is 17.0. The lowest BCUT2D eigenvalue weighted by atomic mass is 10.3. The third-order valence-corrected chi connectivity index (χ3v) is 5.10. The normalized spacial score (nSPS) is 11.0. The Morgan fingerprint density at radius 2 is 2.13 bits per heavy atom. The molecular formula is C11H11N5O5S2. The summed E-state index contributed by atoms with van der Waals surface area (Å²) in [5, 5.41) is 20.2. The summed E-state index contributed by atoms with van der Waals surface area (Å²) < 4.78 is 26.1. The standard InChI is InChI=1S/C11H11N5O5S2/c1-2-9(17)12-10-13-14-11(22-10)23(20,21)15-7-4-3-5-8(6-7)16(18)19/h3-6,15H,2H2,1H3,(H,12,13,17). The Labute approximate surface area is 134 Å². The van der Waals surface area contributed by atoms with Crippen LogP contribution in [0.2, 0.25) is 0 Å². The molecule has 0 unspecified atom stereocenters. The monoisotopic (exact) mass is 357 g/mol. The summed E-state index contributed by atoms with van der Waals surface area (Å²) in [6, 6.07) is 5.04. The molecule has 0 bridgehead atoms. The Balaban J connectivity index is 2.20. The van der Waals surface area contributed by atoms with Crippen LogP contribution >= 0.6 is 11.3 Å². The minimum atomic E-state index is -4.06. The molecule has 0 saturated carbocycles. The summed E-state index contributed by atoms with van der Waals surface area (Å²) in [4.78, 5) is 21.3. The van der Waals surface area contributed by atoms with Crippen molar-refractivity contribution in [1.82, 2.24) is 10.2 Å². The molecule has 0 aliphatic heterocycles. The Bertz CT molecular complexity index is 848. The topological polar surface area (TPSA) is 144 Å². The number of nitrogens with one attached hydrogen (secondary N) is 2. The van der Waals surface area contributed by atoms with Gasteiger partial charge in [-0.2, -0.15) is 8.42 Å². The molecule has 2 rings (SSSR count). The van der Waals surface area contributed by atoms with Crippen LogP contribution in [-0.2, 0) is 14.8 Å². The lowest BCUT2D eigenvalue weighted by molar-refractivity contribution is -0.384. The molecule has 122 valence electrons. The average Bonchev–Trinajstić information content (AvgIpc) is 2.96. The maximum Gasteiger partial charge on any atom is 0.291 e. The Morgan fingerprint density at radius 3 is 2.78 bits per heavy atom. The van der Waals surface area contributed by atoms with Crippen LogP contribution in [0.3, 0.4) is 0 Å². The number of rotatable bonds is 6. The zero-order valence-corrected chi connectivity index (χ0v) is 13.3. The Morgan fingerprint density at radius 1 is 1.39 bits per heavy atom. The first kappa shape index (κ1) is 16.8. The van der Waals surface area contributed by atoms with E-state index >= 15 is 0 Å². The zero-order valence-electron chi connectivity index (χ0n) is 11.7. The largest absolute Gasteiger partial charge is 0.301 e. The molecule has 12 heteroatoms. The van der Waals surface area contributed by atoms with Gasteiger partial charge in [0.25, 0.3) is 20.1 Å². The van der Waals surface area contributed by atoms with Crippen LogP contribution < -0.4 is 10.0 Å². The van der Waals surface area contributed by atoms with Crippen molar-refractivity contribution in [2.45, 2.75) is 17.7 Å².